The zero-order valence-corrected chi connectivity index (χ0v) is 17.0. The highest BCUT2D eigenvalue weighted by atomic mass is 28.4. The van der Waals surface area contributed by atoms with E-state index in [2.05, 4.69) is 49.7 Å². The molecule has 1 aromatic heterocycles. The number of aliphatic imine (C=N–C) groups is 1. The first kappa shape index (κ1) is 18.1. The van der Waals surface area contributed by atoms with Crippen LogP contribution in [0, 0.1) is 6.92 Å². The third-order valence-corrected chi connectivity index (χ3v) is 4.67. The van der Waals surface area contributed by atoms with E-state index >= 15 is 0 Å². The number of para-hydroxylation sites is 1. The summed E-state index contributed by atoms with van der Waals surface area (Å²) in [6.45, 7) is 8.61. The molecule has 0 fully saturated rings. The summed E-state index contributed by atoms with van der Waals surface area (Å²) in [6.07, 6.45) is 3.79. The van der Waals surface area contributed by atoms with E-state index in [0.717, 1.165) is 34.0 Å². The average Bonchev–Trinajstić information content (AvgIpc) is 3.00. The van der Waals surface area contributed by atoms with Gasteiger partial charge in [-0.3, -0.25) is 0 Å². The fraction of sp³-hybridized carbons (Fsp3) is 0.238. The largest absolute Gasteiger partial charge is 0.543 e. The highest BCUT2D eigenvalue weighted by Crippen LogP contribution is 2.34. The van der Waals surface area contributed by atoms with Crippen LogP contribution in [0.3, 0.4) is 0 Å². The highest BCUT2D eigenvalue weighted by Gasteiger charge is 2.20. The Morgan fingerprint density at radius 2 is 1.77 bits per heavy atom. The van der Waals surface area contributed by atoms with Gasteiger partial charge in [0.1, 0.15) is 17.1 Å². The van der Waals surface area contributed by atoms with Gasteiger partial charge in [0.2, 0.25) is 8.32 Å². The molecule has 0 atom stereocenters. The molecule has 3 rings (SSSR count). The van der Waals surface area contributed by atoms with Crippen molar-refractivity contribution in [2.75, 3.05) is 0 Å². The van der Waals surface area contributed by atoms with E-state index in [4.69, 9.17) is 9.42 Å². The van der Waals surface area contributed by atoms with Crippen molar-refractivity contribution in [2.24, 2.45) is 12.0 Å². The van der Waals surface area contributed by atoms with E-state index in [0.29, 0.717) is 0 Å². The number of rotatable bonds is 5. The van der Waals surface area contributed by atoms with Crippen LogP contribution < -0.4 is 4.43 Å². The third kappa shape index (κ3) is 4.29. The lowest BCUT2D eigenvalue weighted by atomic mass is 10.1. The van der Waals surface area contributed by atoms with E-state index in [1.807, 2.05) is 48.1 Å². The molecule has 0 N–H and O–H groups in total. The van der Waals surface area contributed by atoms with E-state index in [-0.39, 0.29) is 0 Å². The average molecular weight is 364 g/mol. The maximum Gasteiger partial charge on any atom is 0.242 e. The summed E-state index contributed by atoms with van der Waals surface area (Å²) < 4.78 is 8.23. The van der Waals surface area contributed by atoms with Gasteiger partial charge in [0.15, 0.2) is 0 Å². The second-order valence-electron chi connectivity index (χ2n) is 7.39. The molecule has 5 heteroatoms. The molecule has 0 saturated heterocycles. The van der Waals surface area contributed by atoms with Gasteiger partial charge in [0, 0.05) is 18.8 Å². The Balaban J connectivity index is 2.18. The first-order chi connectivity index (χ1) is 12.3. The Labute approximate surface area is 156 Å². The van der Waals surface area contributed by atoms with Gasteiger partial charge in [-0.15, -0.1) is 0 Å². The first-order valence-corrected chi connectivity index (χ1v) is 12.2. The lowest BCUT2D eigenvalue weighted by molar-refractivity contribution is 0.558. The van der Waals surface area contributed by atoms with Crippen molar-refractivity contribution in [2.45, 2.75) is 26.6 Å². The van der Waals surface area contributed by atoms with Crippen molar-refractivity contribution in [1.82, 2.24) is 9.55 Å². The highest BCUT2D eigenvalue weighted by molar-refractivity contribution is 6.70. The van der Waals surface area contributed by atoms with Crippen LogP contribution in [0.25, 0.3) is 0 Å². The quantitative estimate of drug-likeness (QED) is 0.467. The standard InChI is InChI=1S/C21H25N3OSi/c1-16-10-9-13-19(25-26(3,4)5)20(16)23-21(17-11-7-6-8-12-17)18-14-24(2)15-22-18/h6-15H,1-5H3. The van der Waals surface area contributed by atoms with Crippen molar-refractivity contribution >= 4 is 19.7 Å². The van der Waals surface area contributed by atoms with Crippen molar-refractivity contribution in [3.63, 3.8) is 0 Å². The predicted octanol–water partition coefficient (Wildman–Crippen LogP) is 5.11. The maximum atomic E-state index is 6.30. The minimum Gasteiger partial charge on any atom is -0.543 e. The smallest absolute Gasteiger partial charge is 0.242 e. The van der Waals surface area contributed by atoms with Crippen LogP contribution in [-0.4, -0.2) is 23.6 Å². The molecule has 26 heavy (non-hydrogen) atoms. The topological polar surface area (TPSA) is 39.4 Å². The van der Waals surface area contributed by atoms with Crippen LogP contribution in [0.1, 0.15) is 16.8 Å². The number of hydrogen-bond acceptors (Lipinski definition) is 3. The Hall–Kier alpha value is -2.66. The molecule has 0 aliphatic heterocycles. The first-order valence-electron chi connectivity index (χ1n) is 8.74. The Kier molecular flexibility index (Phi) is 5.09. The fourth-order valence-corrected chi connectivity index (χ4v) is 3.52. The van der Waals surface area contributed by atoms with Gasteiger partial charge in [-0.1, -0.05) is 42.5 Å². The summed E-state index contributed by atoms with van der Waals surface area (Å²) in [5.74, 6) is 0.841. The molecule has 0 aliphatic rings. The number of hydrogen-bond donors (Lipinski definition) is 0. The number of aromatic nitrogens is 2. The summed E-state index contributed by atoms with van der Waals surface area (Å²) >= 11 is 0. The second kappa shape index (κ2) is 7.29. The molecule has 0 bridgehead atoms. The molecule has 0 amide bonds. The maximum absolute atomic E-state index is 6.30. The molecule has 134 valence electrons. The van der Waals surface area contributed by atoms with Crippen molar-refractivity contribution in [3.8, 4) is 5.75 Å². The van der Waals surface area contributed by atoms with E-state index < -0.39 is 8.32 Å². The van der Waals surface area contributed by atoms with Crippen LogP contribution in [0.2, 0.25) is 19.6 Å². The Morgan fingerprint density at radius 1 is 1.04 bits per heavy atom. The van der Waals surface area contributed by atoms with Crippen molar-refractivity contribution < 1.29 is 4.43 Å². The molecular formula is C21H25N3OSi. The van der Waals surface area contributed by atoms with Crippen LogP contribution in [0.5, 0.6) is 5.75 Å². The van der Waals surface area contributed by atoms with Gasteiger partial charge >= 0.3 is 0 Å². The molecule has 0 spiro atoms. The zero-order chi connectivity index (χ0) is 18.7. The van der Waals surface area contributed by atoms with Crippen LogP contribution in [-0.2, 0) is 7.05 Å². The number of benzene rings is 2. The molecule has 2 aromatic carbocycles. The zero-order valence-electron chi connectivity index (χ0n) is 16.0. The molecule has 1 heterocycles. The van der Waals surface area contributed by atoms with Crippen LogP contribution in [0.15, 0.2) is 66.0 Å². The number of aryl methyl sites for hydroxylation is 2. The summed E-state index contributed by atoms with van der Waals surface area (Å²) in [6, 6.07) is 16.3. The lowest BCUT2D eigenvalue weighted by Crippen LogP contribution is -2.29. The SMILES string of the molecule is Cc1cccc(O[Si](C)(C)C)c1N=C(c1ccccc1)c1cn(C)cn1. The Morgan fingerprint density at radius 3 is 2.38 bits per heavy atom. The normalized spacial score (nSPS) is 12.3. The van der Waals surface area contributed by atoms with Crippen LogP contribution in [0.4, 0.5) is 5.69 Å². The molecule has 0 unspecified atom stereocenters. The number of imidazole rings is 1. The second-order valence-corrected chi connectivity index (χ2v) is 11.8. The molecule has 0 saturated carbocycles. The summed E-state index contributed by atoms with van der Waals surface area (Å²) in [5.41, 5.74) is 4.69. The van der Waals surface area contributed by atoms with Crippen molar-refractivity contribution in [3.05, 3.63) is 77.9 Å². The lowest BCUT2D eigenvalue weighted by Gasteiger charge is -2.21. The third-order valence-electron chi connectivity index (χ3n) is 3.84. The van der Waals surface area contributed by atoms with Crippen LogP contribution >= 0.6 is 0 Å². The van der Waals surface area contributed by atoms with Gasteiger partial charge in [-0.25, -0.2) is 9.98 Å². The molecule has 0 radical (unpaired) electrons. The molecule has 4 nitrogen and oxygen atoms in total. The molecule has 0 aliphatic carbocycles. The minimum atomic E-state index is -1.75. The predicted molar refractivity (Wildman–Crippen MR) is 110 cm³/mol. The van der Waals surface area contributed by atoms with Gasteiger partial charge in [0.05, 0.1) is 12.0 Å². The van der Waals surface area contributed by atoms with E-state index in [9.17, 15) is 0 Å². The minimum absolute atomic E-state index is 0.841. The number of nitrogens with zero attached hydrogens (tertiary/aromatic N) is 3. The van der Waals surface area contributed by atoms with Gasteiger partial charge in [0.25, 0.3) is 0 Å². The molecule has 3 aromatic rings. The van der Waals surface area contributed by atoms with Gasteiger partial charge < -0.3 is 8.99 Å². The molecular weight excluding hydrogens is 338 g/mol. The summed E-state index contributed by atoms with van der Waals surface area (Å²) in [7, 11) is 0.218. The van der Waals surface area contributed by atoms with Gasteiger partial charge in [-0.05, 0) is 38.2 Å². The summed E-state index contributed by atoms with van der Waals surface area (Å²) in [5, 5.41) is 0. The Bertz CT molecular complexity index is 924. The van der Waals surface area contributed by atoms with Gasteiger partial charge in [-0.2, -0.15) is 0 Å². The van der Waals surface area contributed by atoms with E-state index in [1.165, 1.54) is 0 Å². The fourth-order valence-electron chi connectivity index (χ4n) is 2.70. The van der Waals surface area contributed by atoms with E-state index in [1.54, 1.807) is 6.33 Å². The monoisotopic (exact) mass is 363 g/mol. The summed E-state index contributed by atoms with van der Waals surface area (Å²) in [4.78, 5) is 9.56. The van der Waals surface area contributed by atoms with Crippen molar-refractivity contribution in [1.29, 1.82) is 0 Å².